The van der Waals surface area contributed by atoms with Gasteiger partial charge in [-0.05, 0) is 44.9 Å². The summed E-state index contributed by atoms with van der Waals surface area (Å²) < 4.78 is 5.85. The molecule has 0 radical (unpaired) electrons. The number of hydrogen-bond donors (Lipinski definition) is 0. The van der Waals surface area contributed by atoms with E-state index in [0.29, 0.717) is 17.4 Å². The SMILES string of the molecule is CC/C=C/C/C=C/C/C=C/C/C=C/C/C=C/C/C=C/CCC(=O)OC(CC(=O)[O-])C[N+](C)(C)C. The number of likely N-dealkylation sites (N-methyl/N-ethyl adjacent to an activating group) is 1. The summed E-state index contributed by atoms with van der Waals surface area (Å²) in [7, 11) is 5.77. The summed E-state index contributed by atoms with van der Waals surface area (Å²) in [5.41, 5.74) is 0. The van der Waals surface area contributed by atoms with Gasteiger partial charge in [0.1, 0.15) is 6.54 Å². The molecule has 0 rings (SSSR count). The van der Waals surface area contributed by atoms with Gasteiger partial charge in [-0.15, -0.1) is 0 Å². The molecule has 1 unspecified atom stereocenters. The highest BCUT2D eigenvalue weighted by molar-refractivity contribution is 5.71. The largest absolute Gasteiger partial charge is 0.550 e. The molecule has 0 aromatic rings. The van der Waals surface area contributed by atoms with Gasteiger partial charge in [0.25, 0.3) is 0 Å². The molecule has 190 valence electrons. The number of carbonyl (C=O) groups excluding carboxylic acids is 2. The first kappa shape index (κ1) is 31.3. The van der Waals surface area contributed by atoms with Gasteiger partial charge in [0.2, 0.25) is 0 Å². The van der Waals surface area contributed by atoms with E-state index in [1.165, 1.54) is 0 Å². The minimum absolute atomic E-state index is 0.239. The molecule has 5 heteroatoms. The highest BCUT2D eigenvalue weighted by Crippen LogP contribution is 2.07. The molecule has 0 aromatic heterocycles. The predicted octanol–water partition coefficient (Wildman–Crippen LogP) is 5.22. The van der Waals surface area contributed by atoms with Crippen molar-refractivity contribution in [2.24, 2.45) is 0 Å². The zero-order valence-corrected chi connectivity index (χ0v) is 21.7. The quantitative estimate of drug-likeness (QED) is 0.147. The Morgan fingerprint density at radius 2 is 1.15 bits per heavy atom. The highest BCUT2D eigenvalue weighted by atomic mass is 16.5. The van der Waals surface area contributed by atoms with Crippen molar-refractivity contribution in [3.05, 3.63) is 72.9 Å². The Hall–Kier alpha value is -2.66. The fourth-order valence-corrected chi connectivity index (χ4v) is 3.03. The Morgan fingerprint density at radius 1 is 0.735 bits per heavy atom. The van der Waals surface area contributed by atoms with Crippen LogP contribution in [0, 0.1) is 0 Å². The van der Waals surface area contributed by atoms with Gasteiger partial charge >= 0.3 is 5.97 Å². The molecule has 0 spiro atoms. The van der Waals surface area contributed by atoms with Crippen molar-refractivity contribution in [1.82, 2.24) is 0 Å². The molecule has 1 atom stereocenters. The van der Waals surface area contributed by atoms with Crippen LogP contribution in [0.1, 0.15) is 64.7 Å². The van der Waals surface area contributed by atoms with Crippen molar-refractivity contribution in [2.45, 2.75) is 70.8 Å². The average molecular weight is 472 g/mol. The van der Waals surface area contributed by atoms with Gasteiger partial charge in [0, 0.05) is 18.8 Å². The van der Waals surface area contributed by atoms with E-state index in [9.17, 15) is 14.7 Å². The first-order chi connectivity index (χ1) is 16.2. The molecular weight excluding hydrogens is 426 g/mol. The van der Waals surface area contributed by atoms with Crippen LogP contribution in [-0.4, -0.2) is 50.2 Å². The van der Waals surface area contributed by atoms with Crippen LogP contribution in [0.2, 0.25) is 0 Å². The number of allylic oxidation sites excluding steroid dienone is 12. The first-order valence-corrected chi connectivity index (χ1v) is 12.3. The normalized spacial score (nSPS) is 14.0. The maximum absolute atomic E-state index is 12.0. The topological polar surface area (TPSA) is 66.4 Å². The van der Waals surface area contributed by atoms with Crippen LogP contribution in [0.25, 0.3) is 0 Å². The highest BCUT2D eigenvalue weighted by Gasteiger charge is 2.22. The van der Waals surface area contributed by atoms with Gasteiger partial charge in [-0.2, -0.15) is 0 Å². The molecule has 5 nitrogen and oxygen atoms in total. The van der Waals surface area contributed by atoms with Gasteiger partial charge in [-0.25, -0.2) is 0 Å². The summed E-state index contributed by atoms with van der Waals surface area (Å²) in [6, 6.07) is 0. The third-order valence-electron chi connectivity index (χ3n) is 4.56. The van der Waals surface area contributed by atoms with Gasteiger partial charge in [0.05, 0.1) is 21.1 Å². The van der Waals surface area contributed by atoms with Crippen molar-refractivity contribution < 1.29 is 23.9 Å². The number of quaternary nitrogens is 1. The van der Waals surface area contributed by atoms with Crippen LogP contribution < -0.4 is 5.11 Å². The van der Waals surface area contributed by atoms with E-state index >= 15 is 0 Å². The monoisotopic (exact) mass is 471 g/mol. The van der Waals surface area contributed by atoms with Crippen molar-refractivity contribution in [3.8, 4) is 0 Å². The number of rotatable bonds is 19. The van der Waals surface area contributed by atoms with E-state index in [0.717, 1.165) is 38.5 Å². The Morgan fingerprint density at radius 3 is 1.53 bits per heavy atom. The minimum atomic E-state index is -1.21. The fraction of sp³-hybridized carbons (Fsp3) is 0.517. The smallest absolute Gasteiger partial charge is 0.306 e. The number of nitrogens with zero attached hydrogens (tertiary/aromatic N) is 1. The third-order valence-corrected chi connectivity index (χ3v) is 4.56. The lowest BCUT2D eigenvalue weighted by atomic mass is 10.2. The zero-order valence-electron chi connectivity index (χ0n) is 21.7. The predicted molar refractivity (Wildman–Crippen MR) is 140 cm³/mol. The molecule has 0 bridgehead atoms. The number of hydrogen-bond acceptors (Lipinski definition) is 4. The molecule has 0 amide bonds. The summed E-state index contributed by atoms with van der Waals surface area (Å²) in [4.78, 5) is 22.9. The average Bonchev–Trinajstić information content (AvgIpc) is 2.73. The molecule has 0 N–H and O–H groups in total. The van der Waals surface area contributed by atoms with Gasteiger partial charge < -0.3 is 19.1 Å². The van der Waals surface area contributed by atoms with Gasteiger partial charge in [-0.1, -0.05) is 79.8 Å². The van der Waals surface area contributed by atoms with Crippen LogP contribution >= 0.6 is 0 Å². The number of aliphatic carboxylic acids is 1. The molecular formula is C29H45NO4. The standard InChI is InChI=1S/C29H45NO4/c1-5-6-7-8-9-10-11-12-13-14-15-16-17-18-19-20-21-22-23-24-29(33)34-27(25-28(31)32)26-30(2,3)4/h6-7,9-10,12-13,15-16,18-19,21-22,27H,5,8,11,14,17,20,23-26H2,1-4H3/b7-6+,10-9+,13-12+,16-15+,19-18+,22-21+. The summed E-state index contributed by atoms with van der Waals surface area (Å²) >= 11 is 0. The molecule has 0 aromatic carbocycles. The Balaban J connectivity index is 3.91. The number of ether oxygens (including phenoxy) is 1. The first-order valence-electron chi connectivity index (χ1n) is 12.3. The number of esters is 1. The van der Waals surface area contributed by atoms with E-state index in [2.05, 4.69) is 67.7 Å². The van der Waals surface area contributed by atoms with Crippen LogP contribution in [0.4, 0.5) is 0 Å². The lowest BCUT2D eigenvalue weighted by Crippen LogP contribution is -2.45. The molecule has 0 fully saturated rings. The lowest BCUT2D eigenvalue weighted by molar-refractivity contribution is -0.873. The Labute approximate surface area is 207 Å². The van der Waals surface area contributed by atoms with Crippen LogP contribution in [0.3, 0.4) is 0 Å². The van der Waals surface area contributed by atoms with Crippen molar-refractivity contribution in [3.63, 3.8) is 0 Å². The Bertz CT molecular complexity index is 721. The molecule has 0 saturated heterocycles. The van der Waals surface area contributed by atoms with E-state index in [1.54, 1.807) is 0 Å². The van der Waals surface area contributed by atoms with E-state index in [1.807, 2.05) is 33.3 Å². The number of carboxylic acids is 1. The molecule has 34 heavy (non-hydrogen) atoms. The summed E-state index contributed by atoms with van der Waals surface area (Å²) in [6.07, 6.45) is 31.3. The van der Waals surface area contributed by atoms with Crippen LogP contribution in [0.5, 0.6) is 0 Å². The lowest BCUT2D eigenvalue weighted by Gasteiger charge is -2.29. The summed E-state index contributed by atoms with van der Waals surface area (Å²) in [5.74, 6) is -1.58. The van der Waals surface area contributed by atoms with Crippen LogP contribution in [-0.2, 0) is 14.3 Å². The van der Waals surface area contributed by atoms with Gasteiger partial charge in [-0.3, -0.25) is 4.79 Å². The van der Waals surface area contributed by atoms with E-state index < -0.39 is 12.1 Å². The maximum Gasteiger partial charge on any atom is 0.306 e. The molecule has 0 saturated carbocycles. The maximum atomic E-state index is 12.0. The second kappa shape index (κ2) is 20.9. The molecule has 0 aliphatic rings. The van der Waals surface area contributed by atoms with E-state index in [-0.39, 0.29) is 18.8 Å². The van der Waals surface area contributed by atoms with Gasteiger partial charge in [0.15, 0.2) is 6.10 Å². The summed E-state index contributed by atoms with van der Waals surface area (Å²) in [6.45, 7) is 2.57. The van der Waals surface area contributed by atoms with Crippen LogP contribution in [0.15, 0.2) is 72.9 Å². The number of carbonyl (C=O) groups is 2. The second-order valence-electron chi connectivity index (χ2n) is 9.11. The zero-order chi connectivity index (χ0) is 25.5. The molecule has 0 aliphatic carbocycles. The van der Waals surface area contributed by atoms with Crippen molar-refractivity contribution in [2.75, 3.05) is 27.7 Å². The molecule has 0 heterocycles. The number of carboxylic acid groups (broad SMARTS) is 1. The minimum Gasteiger partial charge on any atom is -0.550 e. The van der Waals surface area contributed by atoms with E-state index in [4.69, 9.17) is 4.74 Å². The third kappa shape index (κ3) is 24.0. The molecule has 0 aliphatic heterocycles. The Kier molecular flexibility index (Phi) is 19.3. The fourth-order valence-electron chi connectivity index (χ4n) is 3.03. The van der Waals surface area contributed by atoms with Crippen molar-refractivity contribution in [1.29, 1.82) is 0 Å². The van der Waals surface area contributed by atoms with Crippen molar-refractivity contribution >= 4 is 11.9 Å². The summed E-state index contributed by atoms with van der Waals surface area (Å²) in [5, 5.41) is 10.9. The second-order valence-corrected chi connectivity index (χ2v) is 9.11.